The monoisotopic (exact) mass is 361 g/mol. The Hall–Kier alpha value is -0.670. The lowest BCUT2D eigenvalue weighted by Crippen LogP contribution is -2.31. The Morgan fingerprint density at radius 3 is 2.16 bits per heavy atom. The Labute approximate surface area is 115 Å². The Morgan fingerprint density at radius 2 is 1.74 bits per heavy atom. The van der Waals surface area contributed by atoms with Crippen LogP contribution in [0.4, 0.5) is 17.6 Å². The highest BCUT2D eigenvalue weighted by Gasteiger charge is 2.43. The van der Waals surface area contributed by atoms with Gasteiger partial charge in [0, 0.05) is 13.0 Å². The zero-order valence-corrected chi connectivity index (χ0v) is 11.7. The van der Waals surface area contributed by atoms with E-state index in [0.717, 1.165) is 0 Å². The van der Waals surface area contributed by atoms with Crippen LogP contribution in [-0.4, -0.2) is 31.7 Å². The molecule has 0 aliphatic carbocycles. The van der Waals surface area contributed by atoms with Gasteiger partial charge < -0.3 is 0 Å². The van der Waals surface area contributed by atoms with Gasteiger partial charge in [-0.2, -0.15) is 4.31 Å². The van der Waals surface area contributed by atoms with Crippen molar-refractivity contribution in [3.63, 3.8) is 0 Å². The molecule has 0 N–H and O–H groups in total. The number of benzene rings is 1. The molecule has 2 rings (SSSR count). The molecule has 0 radical (unpaired) electrons. The van der Waals surface area contributed by atoms with Crippen LogP contribution in [0.25, 0.3) is 0 Å². The fourth-order valence-corrected chi connectivity index (χ4v) is 3.46. The number of nitrogens with zero attached hydrogens (tertiary/aromatic N) is 1. The van der Waals surface area contributed by atoms with E-state index in [2.05, 4.69) is 15.9 Å². The van der Waals surface area contributed by atoms with Crippen LogP contribution in [0.2, 0.25) is 0 Å². The van der Waals surface area contributed by atoms with Gasteiger partial charge in [0.2, 0.25) is 10.0 Å². The smallest absolute Gasteiger partial charge is 0.207 e. The molecule has 1 heterocycles. The van der Waals surface area contributed by atoms with E-state index in [-0.39, 0.29) is 6.54 Å². The molecule has 1 aliphatic heterocycles. The second-order valence-electron chi connectivity index (χ2n) is 4.15. The molecule has 0 aromatic heterocycles. The van der Waals surface area contributed by atoms with Gasteiger partial charge in [-0.15, -0.1) is 0 Å². The molecule has 0 spiro atoms. The zero-order chi connectivity index (χ0) is 14.4. The number of hydrogen-bond donors (Lipinski definition) is 0. The fraction of sp³-hybridized carbons (Fsp3) is 0.400. The van der Waals surface area contributed by atoms with Crippen LogP contribution < -0.4 is 0 Å². The Kier molecular flexibility index (Phi) is 3.65. The van der Waals surface area contributed by atoms with E-state index < -0.39 is 49.9 Å². The highest BCUT2D eigenvalue weighted by molar-refractivity contribution is 9.10. The van der Waals surface area contributed by atoms with Gasteiger partial charge in [0.15, 0.2) is 0 Å². The summed E-state index contributed by atoms with van der Waals surface area (Å²) in [6.07, 6.45) is -0.603. The number of halogens is 5. The fourth-order valence-electron chi connectivity index (χ4n) is 1.74. The lowest BCUT2D eigenvalue weighted by molar-refractivity contribution is 0.0183. The lowest BCUT2D eigenvalue weighted by Gasteiger charge is -2.16. The van der Waals surface area contributed by atoms with Crippen molar-refractivity contribution in [1.29, 1.82) is 0 Å². The molecule has 9 heteroatoms. The normalized spacial score (nSPS) is 19.8. The minimum Gasteiger partial charge on any atom is -0.207 e. The van der Waals surface area contributed by atoms with E-state index in [9.17, 15) is 26.0 Å². The van der Waals surface area contributed by atoms with Crippen LogP contribution in [0.3, 0.4) is 0 Å². The minimum absolute atomic E-state index is 0.380. The van der Waals surface area contributed by atoms with Crippen molar-refractivity contribution in [3.8, 4) is 0 Å². The van der Waals surface area contributed by atoms with Crippen LogP contribution in [0, 0.1) is 11.6 Å². The summed E-state index contributed by atoms with van der Waals surface area (Å²) in [5.41, 5.74) is 0. The highest BCUT2D eigenvalue weighted by Crippen LogP contribution is 2.32. The molecular weight excluding hydrogens is 354 g/mol. The van der Waals surface area contributed by atoms with Crippen molar-refractivity contribution in [2.75, 3.05) is 13.1 Å². The predicted molar refractivity (Wildman–Crippen MR) is 62.4 cm³/mol. The molecule has 0 amide bonds. The standard InChI is InChI=1S/C10H8BrF4NO2S/c11-9-7(12)3-6(4-8(9)13)19(17,18)16-2-1-10(14,15)5-16/h3-4H,1-2,5H2. The molecule has 0 atom stereocenters. The Morgan fingerprint density at radius 1 is 1.21 bits per heavy atom. The van der Waals surface area contributed by atoms with Gasteiger partial charge in [-0.1, -0.05) is 0 Å². The van der Waals surface area contributed by atoms with E-state index >= 15 is 0 Å². The number of sulfonamides is 1. The quantitative estimate of drug-likeness (QED) is 0.600. The van der Waals surface area contributed by atoms with Crippen LogP contribution in [0.1, 0.15) is 6.42 Å². The predicted octanol–water partition coefficient (Wildman–Crippen LogP) is 2.76. The van der Waals surface area contributed by atoms with Crippen LogP contribution >= 0.6 is 15.9 Å². The summed E-state index contributed by atoms with van der Waals surface area (Å²) in [4.78, 5) is -0.677. The third-order valence-electron chi connectivity index (χ3n) is 2.73. The van der Waals surface area contributed by atoms with E-state index in [0.29, 0.717) is 16.4 Å². The van der Waals surface area contributed by atoms with Gasteiger partial charge in [-0.25, -0.2) is 26.0 Å². The Balaban J connectivity index is 2.41. The van der Waals surface area contributed by atoms with E-state index in [1.54, 1.807) is 0 Å². The molecule has 1 fully saturated rings. The molecule has 0 bridgehead atoms. The third kappa shape index (κ3) is 2.77. The summed E-state index contributed by atoms with van der Waals surface area (Å²) in [6.45, 7) is -1.36. The molecular formula is C10H8BrF4NO2S. The van der Waals surface area contributed by atoms with Gasteiger partial charge in [0.25, 0.3) is 5.92 Å². The highest BCUT2D eigenvalue weighted by atomic mass is 79.9. The second kappa shape index (κ2) is 4.71. The average molecular weight is 362 g/mol. The first kappa shape index (κ1) is 14.7. The average Bonchev–Trinajstić information content (AvgIpc) is 2.66. The maximum absolute atomic E-state index is 13.3. The van der Waals surface area contributed by atoms with Crippen molar-refractivity contribution in [2.24, 2.45) is 0 Å². The molecule has 106 valence electrons. The summed E-state index contributed by atoms with van der Waals surface area (Å²) in [6, 6.07) is 1.19. The van der Waals surface area contributed by atoms with Gasteiger partial charge in [-0.05, 0) is 28.1 Å². The van der Waals surface area contributed by atoms with Crippen molar-refractivity contribution >= 4 is 26.0 Å². The second-order valence-corrected chi connectivity index (χ2v) is 6.88. The molecule has 1 aliphatic rings. The molecule has 1 saturated heterocycles. The molecule has 1 aromatic rings. The molecule has 0 unspecified atom stereocenters. The zero-order valence-electron chi connectivity index (χ0n) is 9.34. The number of alkyl halides is 2. The largest absolute Gasteiger partial charge is 0.262 e. The molecule has 3 nitrogen and oxygen atoms in total. The van der Waals surface area contributed by atoms with Crippen LogP contribution in [0.15, 0.2) is 21.5 Å². The number of rotatable bonds is 2. The van der Waals surface area contributed by atoms with Crippen LogP contribution in [-0.2, 0) is 10.0 Å². The maximum atomic E-state index is 13.3. The molecule has 1 aromatic carbocycles. The van der Waals surface area contributed by atoms with Gasteiger partial charge in [0.05, 0.1) is 15.9 Å². The first-order valence-electron chi connectivity index (χ1n) is 5.16. The maximum Gasteiger partial charge on any atom is 0.262 e. The SMILES string of the molecule is O=S(=O)(c1cc(F)c(Br)c(F)c1)N1CCC(F)(F)C1. The summed E-state index contributed by atoms with van der Waals surface area (Å²) < 4.78 is 76.6. The first-order chi connectivity index (χ1) is 8.63. The van der Waals surface area contributed by atoms with Gasteiger partial charge >= 0.3 is 0 Å². The molecule has 0 saturated carbocycles. The first-order valence-corrected chi connectivity index (χ1v) is 7.39. The van der Waals surface area contributed by atoms with Crippen molar-refractivity contribution < 1.29 is 26.0 Å². The number of hydrogen-bond acceptors (Lipinski definition) is 2. The summed E-state index contributed by atoms with van der Waals surface area (Å²) in [5, 5.41) is 0. The summed E-state index contributed by atoms with van der Waals surface area (Å²) in [5.74, 6) is -5.33. The van der Waals surface area contributed by atoms with Gasteiger partial charge in [0.1, 0.15) is 11.6 Å². The van der Waals surface area contributed by atoms with Crippen LogP contribution in [0.5, 0.6) is 0 Å². The van der Waals surface area contributed by atoms with E-state index in [1.807, 2.05) is 0 Å². The molecule has 19 heavy (non-hydrogen) atoms. The van der Waals surface area contributed by atoms with Crippen molar-refractivity contribution in [3.05, 3.63) is 28.2 Å². The third-order valence-corrected chi connectivity index (χ3v) is 5.31. The Bertz CT molecular complexity index is 597. The van der Waals surface area contributed by atoms with Crippen molar-refractivity contribution in [1.82, 2.24) is 4.31 Å². The van der Waals surface area contributed by atoms with E-state index in [4.69, 9.17) is 0 Å². The topological polar surface area (TPSA) is 37.4 Å². The van der Waals surface area contributed by atoms with Crippen molar-refractivity contribution in [2.45, 2.75) is 17.2 Å². The van der Waals surface area contributed by atoms with E-state index in [1.165, 1.54) is 0 Å². The minimum atomic E-state index is -4.32. The lowest BCUT2D eigenvalue weighted by atomic mass is 10.3. The van der Waals surface area contributed by atoms with Gasteiger partial charge in [-0.3, -0.25) is 0 Å². The summed E-state index contributed by atoms with van der Waals surface area (Å²) >= 11 is 2.60. The summed E-state index contributed by atoms with van der Waals surface area (Å²) in [7, 11) is -4.32.